The van der Waals surface area contributed by atoms with Crippen LogP contribution in [0, 0.1) is 0 Å². The third-order valence-corrected chi connectivity index (χ3v) is 10.7. The van der Waals surface area contributed by atoms with Crippen molar-refractivity contribution in [2.75, 3.05) is 10.8 Å². The fourth-order valence-corrected chi connectivity index (χ4v) is 7.88. The summed E-state index contributed by atoms with van der Waals surface area (Å²) >= 11 is 18.8. The Balaban J connectivity index is 1.57. The molecule has 7 nitrogen and oxygen atoms in total. The van der Waals surface area contributed by atoms with Crippen LogP contribution in [0.15, 0.2) is 108 Å². The zero-order chi connectivity index (χ0) is 33.4. The lowest BCUT2D eigenvalue weighted by Crippen LogP contribution is -2.55. The molecule has 1 saturated carbocycles. The summed E-state index contributed by atoms with van der Waals surface area (Å²) in [6.07, 6.45) is 5.14. The number of nitrogens with zero attached hydrogens (tertiary/aromatic N) is 2. The minimum Gasteiger partial charge on any atom is -0.352 e. The summed E-state index contributed by atoms with van der Waals surface area (Å²) in [6.45, 7) is -0.565. The van der Waals surface area contributed by atoms with E-state index >= 15 is 0 Å². The molecule has 0 heterocycles. The molecule has 0 unspecified atom stereocenters. The summed E-state index contributed by atoms with van der Waals surface area (Å²) in [7, 11) is -4.27. The van der Waals surface area contributed by atoms with Crippen LogP contribution in [0.1, 0.15) is 43.2 Å². The third-order valence-electron chi connectivity index (χ3n) is 8.23. The van der Waals surface area contributed by atoms with Gasteiger partial charge in [-0.2, -0.15) is 0 Å². The topological polar surface area (TPSA) is 86.8 Å². The van der Waals surface area contributed by atoms with Crippen LogP contribution in [0.5, 0.6) is 0 Å². The SMILES string of the molecule is O=C(NC1CCCCC1)[C@@H](Cc1ccccc1)N(Cc1ccc(Cl)cc1)C(=O)CN(c1cc(Cl)cc(Cl)c1)S(=O)(=O)c1ccccc1. The van der Waals surface area contributed by atoms with Crippen molar-refractivity contribution in [3.8, 4) is 0 Å². The van der Waals surface area contributed by atoms with E-state index in [0.29, 0.717) is 5.02 Å². The Kier molecular flexibility index (Phi) is 11.9. The molecule has 0 spiro atoms. The smallest absolute Gasteiger partial charge is 0.264 e. The molecule has 0 aliphatic heterocycles. The van der Waals surface area contributed by atoms with Crippen LogP contribution < -0.4 is 9.62 Å². The molecular weight excluding hydrogens is 677 g/mol. The number of sulfonamides is 1. The van der Waals surface area contributed by atoms with Gasteiger partial charge in [-0.05, 0) is 66.4 Å². The van der Waals surface area contributed by atoms with E-state index in [1.165, 1.54) is 35.2 Å². The second-order valence-corrected chi connectivity index (χ2v) is 14.8. The molecule has 11 heteroatoms. The van der Waals surface area contributed by atoms with Crippen molar-refractivity contribution >= 4 is 62.3 Å². The van der Waals surface area contributed by atoms with Gasteiger partial charge >= 0.3 is 0 Å². The van der Waals surface area contributed by atoms with Gasteiger partial charge < -0.3 is 10.2 Å². The Morgan fingerprint density at radius 3 is 1.96 bits per heavy atom. The van der Waals surface area contributed by atoms with Gasteiger partial charge in [0.15, 0.2) is 0 Å². The zero-order valence-corrected chi connectivity index (χ0v) is 28.8. The lowest BCUT2D eigenvalue weighted by atomic mass is 9.94. The number of anilines is 1. The van der Waals surface area contributed by atoms with Gasteiger partial charge in [0.25, 0.3) is 10.0 Å². The van der Waals surface area contributed by atoms with E-state index in [-0.39, 0.29) is 45.5 Å². The van der Waals surface area contributed by atoms with Crippen LogP contribution in [-0.4, -0.2) is 43.8 Å². The van der Waals surface area contributed by atoms with Gasteiger partial charge in [0, 0.05) is 34.1 Å². The van der Waals surface area contributed by atoms with Crippen molar-refractivity contribution in [3.63, 3.8) is 0 Å². The molecular formula is C36H36Cl3N3O4S. The number of hydrogen-bond donors (Lipinski definition) is 1. The van der Waals surface area contributed by atoms with Crippen LogP contribution in [0.2, 0.25) is 15.1 Å². The van der Waals surface area contributed by atoms with E-state index in [9.17, 15) is 18.0 Å². The molecule has 47 heavy (non-hydrogen) atoms. The fraction of sp³-hybridized carbons (Fsp3) is 0.278. The summed E-state index contributed by atoms with van der Waals surface area (Å²) in [6, 6.07) is 27.8. The van der Waals surface area contributed by atoms with Crippen LogP contribution in [0.25, 0.3) is 0 Å². The summed E-state index contributed by atoms with van der Waals surface area (Å²) in [5.41, 5.74) is 1.72. The first-order chi connectivity index (χ1) is 22.6. The Hall–Kier alpha value is -3.56. The number of hydrogen-bond acceptors (Lipinski definition) is 4. The number of benzene rings is 4. The monoisotopic (exact) mass is 711 g/mol. The largest absolute Gasteiger partial charge is 0.352 e. The van der Waals surface area contributed by atoms with Gasteiger partial charge in [-0.3, -0.25) is 13.9 Å². The molecule has 0 bridgehead atoms. The molecule has 2 amide bonds. The average molecular weight is 713 g/mol. The summed E-state index contributed by atoms with van der Waals surface area (Å²) in [4.78, 5) is 30.3. The number of rotatable bonds is 12. The third kappa shape index (κ3) is 9.29. The molecule has 5 rings (SSSR count). The highest BCUT2D eigenvalue weighted by Crippen LogP contribution is 2.30. The van der Waals surface area contributed by atoms with Gasteiger partial charge in [-0.25, -0.2) is 8.42 Å². The molecule has 1 N–H and O–H groups in total. The van der Waals surface area contributed by atoms with E-state index in [4.69, 9.17) is 34.8 Å². The standard InChI is InChI=1S/C36H36Cl3N3O4S/c37-28-18-16-27(17-19-28)24-41(34(20-26-10-4-1-5-11-26)36(44)40-31-12-6-2-7-13-31)35(43)25-42(32-22-29(38)21-30(39)23-32)47(45,46)33-14-8-3-9-15-33/h1,3-5,8-11,14-19,21-23,31,34H,2,6-7,12-13,20,24-25H2,(H,40,44)/t34-/m1/s1. The van der Waals surface area contributed by atoms with Crippen LogP contribution >= 0.6 is 34.8 Å². The predicted molar refractivity (Wildman–Crippen MR) is 188 cm³/mol. The van der Waals surface area contributed by atoms with Crippen molar-refractivity contribution in [2.24, 2.45) is 0 Å². The number of carbonyl (C=O) groups is 2. The second kappa shape index (κ2) is 16.0. The summed E-state index contributed by atoms with van der Waals surface area (Å²) in [5, 5.41) is 4.15. The summed E-state index contributed by atoms with van der Waals surface area (Å²) in [5.74, 6) is -0.860. The predicted octanol–water partition coefficient (Wildman–Crippen LogP) is 7.93. The van der Waals surface area contributed by atoms with E-state index in [1.807, 2.05) is 30.3 Å². The Bertz CT molecular complexity index is 1750. The lowest BCUT2D eigenvalue weighted by Gasteiger charge is -2.35. The van der Waals surface area contributed by atoms with E-state index in [2.05, 4.69) is 5.32 Å². The fourth-order valence-electron chi connectivity index (χ4n) is 5.82. The second-order valence-electron chi connectivity index (χ2n) is 11.6. The van der Waals surface area contributed by atoms with Crippen LogP contribution in [0.3, 0.4) is 0 Å². The highest BCUT2D eigenvalue weighted by atomic mass is 35.5. The van der Waals surface area contributed by atoms with Crippen molar-refractivity contribution in [2.45, 2.75) is 62.0 Å². The van der Waals surface area contributed by atoms with Crippen molar-refractivity contribution in [3.05, 3.63) is 129 Å². The molecule has 1 atom stereocenters. The minimum atomic E-state index is -4.27. The average Bonchev–Trinajstić information content (AvgIpc) is 3.06. The lowest BCUT2D eigenvalue weighted by molar-refractivity contribution is -0.140. The molecule has 0 radical (unpaired) electrons. The molecule has 1 aliphatic rings. The number of amides is 2. The molecule has 0 saturated heterocycles. The first kappa shape index (κ1) is 34.8. The highest BCUT2D eigenvalue weighted by Gasteiger charge is 2.35. The Labute approximate surface area is 291 Å². The maximum atomic E-state index is 14.6. The zero-order valence-electron chi connectivity index (χ0n) is 25.7. The number of nitrogens with one attached hydrogen (secondary N) is 1. The Morgan fingerprint density at radius 2 is 1.34 bits per heavy atom. The van der Waals surface area contributed by atoms with Gasteiger partial charge in [0.1, 0.15) is 12.6 Å². The molecule has 0 aromatic heterocycles. The van der Waals surface area contributed by atoms with Gasteiger partial charge in [0.05, 0.1) is 10.6 Å². The normalized spacial score (nSPS) is 14.3. The maximum absolute atomic E-state index is 14.6. The maximum Gasteiger partial charge on any atom is 0.264 e. The molecule has 4 aromatic rings. The van der Waals surface area contributed by atoms with Crippen molar-refractivity contribution in [1.29, 1.82) is 0 Å². The van der Waals surface area contributed by atoms with E-state index < -0.39 is 28.5 Å². The van der Waals surface area contributed by atoms with Gasteiger partial charge in [0.2, 0.25) is 11.8 Å². The van der Waals surface area contributed by atoms with Crippen LogP contribution in [-0.2, 0) is 32.6 Å². The quantitative estimate of drug-likeness (QED) is 0.162. The molecule has 246 valence electrons. The molecule has 1 aliphatic carbocycles. The van der Waals surface area contributed by atoms with Crippen molar-refractivity contribution < 1.29 is 18.0 Å². The summed E-state index contributed by atoms with van der Waals surface area (Å²) < 4.78 is 29.3. The molecule has 1 fully saturated rings. The first-order valence-corrected chi connectivity index (χ1v) is 18.1. The number of halogens is 3. The first-order valence-electron chi connectivity index (χ1n) is 15.5. The minimum absolute atomic E-state index is 0.00515. The molecule has 4 aromatic carbocycles. The van der Waals surface area contributed by atoms with E-state index in [1.54, 1.807) is 42.5 Å². The van der Waals surface area contributed by atoms with Crippen LogP contribution in [0.4, 0.5) is 5.69 Å². The number of carbonyl (C=O) groups excluding carboxylic acids is 2. The Morgan fingerprint density at radius 1 is 0.745 bits per heavy atom. The highest BCUT2D eigenvalue weighted by molar-refractivity contribution is 7.92. The van der Waals surface area contributed by atoms with Gasteiger partial charge in [-0.1, -0.05) is 115 Å². The van der Waals surface area contributed by atoms with Gasteiger partial charge in [-0.15, -0.1) is 0 Å². The van der Waals surface area contributed by atoms with E-state index in [0.717, 1.165) is 47.5 Å². The van der Waals surface area contributed by atoms with Crippen molar-refractivity contribution in [1.82, 2.24) is 10.2 Å².